The van der Waals surface area contributed by atoms with Crippen LogP contribution in [0.15, 0.2) is 18.2 Å². The maximum absolute atomic E-state index is 5.44. The van der Waals surface area contributed by atoms with Gasteiger partial charge in [-0.15, -0.1) is 0 Å². The van der Waals surface area contributed by atoms with Gasteiger partial charge in [-0.3, -0.25) is 0 Å². The molecule has 0 spiro atoms. The summed E-state index contributed by atoms with van der Waals surface area (Å²) in [6, 6.07) is 6.31. The topological polar surface area (TPSA) is 43.4 Å². The Morgan fingerprint density at radius 3 is 2.78 bits per heavy atom. The van der Waals surface area contributed by atoms with Crippen molar-refractivity contribution in [2.24, 2.45) is 5.41 Å². The summed E-state index contributed by atoms with van der Waals surface area (Å²) in [4.78, 5) is 4.39. The SMILES string of the molecule is COc1cccc(CNC2CC(OC)C2(C)C)n1. The fourth-order valence-corrected chi connectivity index (χ4v) is 2.53. The first-order valence-corrected chi connectivity index (χ1v) is 6.34. The number of hydrogen-bond donors (Lipinski definition) is 1. The van der Waals surface area contributed by atoms with Gasteiger partial charge in [0, 0.05) is 31.2 Å². The average molecular weight is 250 g/mol. The van der Waals surface area contributed by atoms with E-state index in [2.05, 4.69) is 24.1 Å². The van der Waals surface area contributed by atoms with Crippen molar-refractivity contribution in [1.29, 1.82) is 0 Å². The van der Waals surface area contributed by atoms with Crippen molar-refractivity contribution in [2.75, 3.05) is 14.2 Å². The molecule has 1 N–H and O–H groups in total. The van der Waals surface area contributed by atoms with Gasteiger partial charge in [-0.2, -0.15) is 0 Å². The van der Waals surface area contributed by atoms with Crippen molar-refractivity contribution < 1.29 is 9.47 Å². The van der Waals surface area contributed by atoms with Gasteiger partial charge in [0.15, 0.2) is 0 Å². The second-order valence-electron chi connectivity index (χ2n) is 5.39. The quantitative estimate of drug-likeness (QED) is 0.868. The largest absolute Gasteiger partial charge is 0.481 e. The predicted molar refractivity (Wildman–Crippen MR) is 70.6 cm³/mol. The lowest BCUT2D eigenvalue weighted by Crippen LogP contribution is -2.60. The molecule has 0 bridgehead atoms. The Morgan fingerprint density at radius 2 is 2.17 bits per heavy atom. The van der Waals surface area contributed by atoms with Crippen molar-refractivity contribution in [3.63, 3.8) is 0 Å². The normalized spacial score (nSPS) is 25.6. The Morgan fingerprint density at radius 1 is 1.39 bits per heavy atom. The minimum absolute atomic E-state index is 0.188. The maximum atomic E-state index is 5.44. The first-order chi connectivity index (χ1) is 8.57. The zero-order valence-corrected chi connectivity index (χ0v) is 11.6. The van der Waals surface area contributed by atoms with E-state index in [4.69, 9.17) is 9.47 Å². The van der Waals surface area contributed by atoms with Crippen LogP contribution in [0, 0.1) is 5.41 Å². The van der Waals surface area contributed by atoms with Gasteiger partial charge < -0.3 is 14.8 Å². The summed E-state index contributed by atoms with van der Waals surface area (Å²) in [5.41, 5.74) is 1.19. The molecule has 2 atom stereocenters. The minimum atomic E-state index is 0.188. The number of pyridine rings is 1. The third-order valence-electron chi connectivity index (χ3n) is 3.98. The van der Waals surface area contributed by atoms with Crippen LogP contribution in [0.5, 0.6) is 5.88 Å². The highest BCUT2D eigenvalue weighted by Gasteiger charge is 2.48. The molecule has 1 aliphatic carbocycles. The minimum Gasteiger partial charge on any atom is -0.481 e. The molecule has 4 nitrogen and oxygen atoms in total. The second kappa shape index (κ2) is 5.24. The Bertz CT molecular complexity index is 407. The molecule has 4 heteroatoms. The fraction of sp³-hybridized carbons (Fsp3) is 0.643. The summed E-state index contributed by atoms with van der Waals surface area (Å²) in [6.45, 7) is 5.24. The van der Waals surface area contributed by atoms with Crippen molar-refractivity contribution in [3.05, 3.63) is 23.9 Å². The molecule has 1 fully saturated rings. The first-order valence-electron chi connectivity index (χ1n) is 6.34. The third-order valence-corrected chi connectivity index (χ3v) is 3.98. The summed E-state index contributed by atoms with van der Waals surface area (Å²) in [7, 11) is 3.42. The summed E-state index contributed by atoms with van der Waals surface area (Å²) < 4.78 is 10.6. The molecule has 100 valence electrons. The van der Waals surface area contributed by atoms with Crippen LogP contribution in [0.25, 0.3) is 0 Å². The molecule has 2 unspecified atom stereocenters. The van der Waals surface area contributed by atoms with Crippen LogP contribution in [0.2, 0.25) is 0 Å². The average Bonchev–Trinajstić information content (AvgIpc) is 2.38. The Hall–Kier alpha value is -1.13. The van der Waals surface area contributed by atoms with Gasteiger partial charge in [0.1, 0.15) is 0 Å². The highest BCUT2D eigenvalue weighted by atomic mass is 16.5. The molecule has 1 aromatic rings. The van der Waals surface area contributed by atoms with Crippen molar-refractivity contribution in [2.45, 2.75) is 39.0 Å². The molecule has 0 aliphatic heterocycles. The predicted octanol–water partition coefficient (Wildman–Crippen LogP) is 1.99. The van der Waals surface area contributed by atoms with E-state index >= 15 is 0 Å². The zero-order chi connectivity index (χ0) is 13.2. The smallest absolute Gasteiger partial charge is 0.213 e. The van der Waals surface area contributed by atoms with Gasteiger partial charge in [0.05, 0.1) is 18.9 Å². The number of rotatable bonds is 5. The Kier molecular flexibility index (Phi) is 3.88. The number of aromatic nitrogens is 1. The number of ether oxygens (including phenoxy) is 2. The summed E-state index contributed by atoms with van der Waals surface area (Å²) >= 11 is 0. The number of methoxy groups -OCH3 is 2. The third kappa shape index (κ3) is 2.49. The standard InChI is InChI=1S/C14H22N2O2/c1-14(2)11(8-12(14)17-3)15-9-10-6-5-7-13(16-10)18-4/h5-7,11-12,15H,8-9H2,1-4H3. The van der Waals surface area contributed by atoms with Crippen LogP contribution < -0.4 is 10.1 Å². The van der Waals surface area contributed by atoms with E-state index in [1.165, 1.54) is 0 Å². The van der Waals surface area contributed by atoms with Crippen LogP contribution in [-0.2, 0) is 11.3 Å². The Balaban J connectivity index is 1.89. The van der Waals surface area contributed by atoms with Crippen molar-refractivity contribution >= 4 is 0 Å². The van der Waals surface area contributed by atoms with Crippen molar-refractivity contribution in [1.82, 2.24) is 10.3 Å². The van der Waals surface area contributed by atoms with Gasteiger partial charge >= 0.3 is 0 Å². The van der Waals surface area contributed by atoms with E-state index in [-0.39, 0.29) is 5.41 Å². The van der Waals surface area contributed by atoms with E-state index in [0.29, 0.717) is 18.0 Å². The highest BCUT2D eigenvalue weighted by molar-refractivity contribution is 5.16. The van der Waals surface area contributed by atoms with E-state index < -0.39 is 0 Å². The first kappa shape index (κ1) is 13.3. The fourth-order valence-electron chi connectivity index (χ4n) is 2.53. The van der Waals surface area contributed by atoms with E-state index in [9.17, 15) is 0 Å². The molecule has 0 radical (unpaired) electrons. The van der Waals surface area contributed by atoms with Crippen LogP contribution in [-0.4, -0.2) is 31.3 Å². The van der Waals surface area contributed by atoms with Gasteiger partial charge in [-0.05, 0) is 12.5 Å². The molecule has 1 saturated carbocycles. The number of hydrogen-bond acceptors (Lipinski definition) is 4. The van der Waals surface area contributed by atoms with E-state index in [1.54, 1.807) is 14.2 Å². The van der Waals surface area contributed by atoms with Gasteiger partial charge in [0.25, 0.3) is 0 Å². The Labute approximate surface area is 109 Å². The molecule has 0 amide bonds. The van der Waals surface area contributed by atoms with Crippen LogP contribution >= 0.6 is 0 Å². The summed E-state index contributed by atoms with van der Waals surface area (Å²) in [6.07, 6.45) is 1.42. The van der Waals surface area contributed by atoms with E-state index in [1.807, 2.05) is 18.2 Å². The zero-order valence-electron chi connectivity index (χ0n) is 11.6. The molecule has 0 aromatic carbocycles. The highest BCUT2D eigenvalue weighted by Crippen LogP contribution is 2.42. The molecule has 18 heavy (non-hydrogen) atoms. The van der Waals surface area contributed by atoms with Gasteiger partial charge in [-0.1, -0.05) is 19.9 Å². The van der Waals surface area contributed by atoms with Gasteiger partial charge in [-0.25, -0.2) is 4.98 Å². The summed E-state index contributed by atoms with van der Waals surface area (Å²) in [5.74, 6) is 0.664. The lowest BCUT2D eigenvalue weighted by atomic mass is 9.64. The summed E-state index contributed by atoms with van der Waals surface area (Å²) in [5, 5.41) is 3.54. The maximum Gasteiger partial charge on any atom is 0.213 e. The van der Waals surface area contributed by atoms with Crippen LogP contribution in [0.1, 0.15) is 26.0 Å². The van der Waals surface area contributed by atoms with Crippen LogP contribution in [0.4, 0.5) is 0 Å². The molecular formula is C14H22N2O2. The number of nitrogens with zero attached hydrogens (tertiary/aromatic N) is 1. The van der Waals surface area contributed by atoms with E-state index in [0.717, 1.165) is 18.7 Å². The molecule has 1 aliphatic rings. The van der Waals surface area contributed by atoms with Crippen LogP contribution in [0.3, 0.4) is 0 Å². The van der Waals surface area contributed by atoms with Gasteiger partial charge in [0.2, 0.25) is 5.88 Å². The molecule has 0 saturated heterocycles. The second-order valence-corrected chi connectivity index (χ2v) is 5.39. The van der Waals surface area contributed by atoms with Crippen molar-refractivity contribution in [3.8, 4) is 5.88 Å². The molecule has 2 rings (SSSR count). The monoisotopic (exact) mass is 250 g/mol. The molecule has 1 heterocycles. The lowest BCUT2D eigenvalue weighted by Gasteiger charge is -2.51. The lowest BCUT2D eigenvalue weighted by molar-refractivity contribution is -0.0979. The number of nitrogens with one attached hydrogen (secondary N) is 1. The molecule has 1 aromatic heterocycles. The molecular weight excluding hydrogens is 228 g/mol.